The third-order valence-corrected chi connectivity index (χ3v) is 6.72. The molecule has 9 nitrogen and oxygen atoms in total. The van der Waals surface area contributed by atoms with Gasteiger partial charge < -0.3 is 19.7 Å². The van der Waals surface area contributed by atoms with E-state index in [2.05, 4.69) is 10.4 Å². The van der Waals surface area contributed by atoms with Gasteiger partial charge in [-0.2, -0.15) is 5.10 Å². The lowest BCUT2D eigenvalue weighted by Gasteiger charge is -2.20. The largest absolute Gasteiger partial charge is 0.486 e. The summed E-state index contributed by atoms with van der Waals surface area (Å²) in [5, 5.41) is 8.12. The summed E-state index contributed by atoms with van der Waals surface area (Å²) in [6.45, 7) is 6.98. The molecule has 2 aliphatic rings. The molecule has 0 saturated carbocycles. The van der Waals surface area contributed by atoms with Crippen LogP contribution in [0.4, 0.5) is 0 Å². The fraction of sp³-hybridized carbons (Fsp3) is 0.481. The van der Waals surface area contributed by atoms with Gasteiger partial charge in [-0.15, -0.1) is 0 Å². The number of fused-ring (bicyclic) bond motifs is 2. The molecule has 1 saturated heterocycles. The first-order valence-electron chi connectivity index (χ1n) is 12.9. The van der Waals surface area contributed by atoms with Gasteiger partial charge in [0.15, 0.2) is 17.1 Å². The molecule has 0 radical (unpaired) electrons. The first kappa shape index (κ1) is 24.1. The van der Waals surface area contributed by atoms with Gasteiger partial charge in [-0.1, -0.05) is 12.8 Å². The first-order valence-corrected chi connectivity index (χ1v) is 12.9. The maximum Gasteiger partial charge on any atom is 0.252 e. The number of nitrogens with zero attached hydrogens (tertiary/aromatic N) is 4. The van der Waals surface area contributed by atoms with Gasteiger partial charge in [0, 0.05) is 37.7 Å². The van der Waals surface area contributed by atoms with E-state index in [-0.39, 0.29) is 24.4 Å². The third-order valence-electron chi connectivity index (χ3n) is 6.72. The topological polar surface area (TPSA) is 98.6 Å². The van der Waals surface area contributed by atoms with Crippen LogP contribution in [0.15, 0.2) is 30.5 Å². The Hall–Kier alpha value is -3.62. The number of likely N-dealkylation sites (tertiary alicyclic amines) is 1. The molecule has 5 rings (SSSR count). The number of benzene rings is 1. The summed E-state index contributed by atoms with van der Waals surface area (Å²) in [5.41, 5.74) is 2.60. The van der Waals surface area contributed by atoms with Gasteiger partial charge in [0.2, 0.25) is 5.91 Å². The molecular weight excluding hydrogens is 458 g/mol. The van der Waals surface area contributed by atoms with Crippen molar-refractivity contribution < 1.29 is 19.1 Å². The maximum absolute atomic E-state index is 13.3. The van der Waals surface area contributed by atoms with Gasteiger partial charge >= 0.3 is 0 Å². The van der Waals surface area contributed by atoms with E-state index < -0.39 is 0 Å². The summed E-state index contributed by atoms with van der Waals surface area (Å²) < 4.78 is 13.2. The molecule has 0 atom stereocenters. The smallest absolute Gasteiger partial charge is 0.252 e. The standard InChI is InChI=1S/C27H33N5O4/c1-18(2)32-26-21(17-29-32)20(27(34)28-10-9-25(33)31-11-5-3-4-6-12-31)16-22(30-26)19-7-8-23-24(15-19)36-14-13-35-23/h7-8,15-18H,3-6,9-14H2,1-2H3,(H,28,34). The fourth-order valence-electron chi connectivity index (χ4n) is 4.79. The number of carbonyl (C=O) groups is 2. The van der Waals surface area contributed by atoms with Crippen molar-refractivity contribution in [3.8, 4) is 22.8 Å². The van der Waals surface area contributed by atoms with E-state index in [4.69, 9.17) is 14.5 Å². The molecule has 0 spiro atoms. The Balaban J connectivity index is 1.39. The highest BCUT2D eigenvalue weighted by atomic mass is 16.6. The highest BCUT2D eigenvalue weighted by molar-refractivity contribution is 6.06. The molecule has 36 heavy (non-hydrogen) atoms. The van der Waals surface area contributed by atoms with E-state index in [1.165, 1.54) is 12.8 Å². The molecule has 0 aliphatic carbocycles. The van der Waals surface area contributed by atoms with Gasteiger partial charge in [0.1, 0.15) is 13.2 Å². The number of carbonyl (C=O) groups excluding carboxylic acids is 2. The molecular formula is C27H33N5O4. The van der Waals surface area contributed by atoms with Crippen LogP contribution in [0.5, 0.6) is 11.5 Å². The third kappa shape index (κ3) is 5.01. The minimum Gasteiger partial charge on any atom is -0.486 e. The summed E-state index contributed by atoms with van der Waals surface area (Å²) in [5.74, 6) is 1.22. The maximum atomic E-state index is 13.3. The Morgan fingerprint density at radius 1 is 1.03 bits per heavy atom. The summed E-state index contributed by atoms with van der Waals surface area (Å²) in [6, 6.07) is 7.53. The lowest BCUT2D eigenvalue weighted by atomic mass is 10.1. The Kier molecular flexibility index (Phi) is 7.06. The van der Waals surface area contributed by atoms with Crippen LogP contribution in [0.2, 0.25) is 0 Å². The Bertz CT molecular complexity index is 1260. The SMILES string of the molecule is CC(C)n1ncc2c(C(=O)NCCC(=O)N3CCCCCC3)cc(-c3ccc4c(c3)OCCO4)nc21. The Morgan fingerprint density at radius 2 is 1.78 bits per heavy atom. The van der Waals surface area contributed by atoms with Crippen LogP contribution < -0.4 is 14.8 Å². The van der Waals surface area contributed by atoms with E-state index in [0.717, 1.165) is 31.5 Å². The predicted octanol–water partition coefficient (Wildman–Crippen LogP) is 3.97. The van der Waals surface area contributed by atoms with E-state index in [1.54, 1.807) is 12.3 Å². The van der Waals surface area contributed by atoms with E-state index in [1.807, 2.05) is 41.6 Å². The number of rotatable bonds is 6. The van der Waals surface area contributed by atoms with Crippen molar-refractivity contribution in [3.05, 3.63) is 36.0 Å². The van der Waals surface area contributed by atoms with E-state index >= 15 is 0 Å². The highest BCUT2D eigenvalue weighted by Crippen LogP contribution is 2.35. The first-order chi connectivity index (χ1) is 17.5. The van der Waals surface area contributed by atoms with Gasteiger partial charge in [-0.05, 0) is 51.0 Å². The number of hydrogen-bond donors (Lipinski definition) is 1. The number of pyridine rings is 1. The second kappa shape index (κ2) is 10.6. The summed E-state index contributed by atoms with van der Waals surface area (Å²) in [6.07, 6.45) is 6.43. The summed E-state index contributed by atoms with van der Waals surface area (Å²) >= 11 is 0. The van der Waals surface area contributed by atoms with Crippen molar-refractivity contribution in [3.63, 3.8) is 0 Å². The average molecular weight is 492 g/mol. The van der Waals surface area contributed by atoms with Crippen LogP contribution in [-0.4, -0.2) is 64.3 Å². The van der Waals surface area contributed by atoms with Crippen LogP contribution in [0.3, 0.4) is 0 Å². The van der Waals surface area contributed by atoms with Crippen molar-refractivity contribution in [2.75, 3.05) is 32.8 Å². The number of aromatic nitrogens is 3. The minimum absolute atomic E-state index is 0.0765. The summed E-state index contributed by atoms with van der Waals surface area (Å²) in [7, 11) is 0. The average Bonchev–Trinajstić information content (AvgIpc) is 3.13. The van der Waals surface area contributed by atoms with Crippen LogP contribution in [0, 0.1) is 0 Å². The highest BCUT2D eigenvalue weighted by Gasteiger charge is 2.21. The molecule has 3 aromatic rings. The predicted molar refractivity (Wildman–Crippen MR) is 136 cm³/mol. The van der Waals surface area contributed by atoms with E-state index in [9.17, 15) is 9.59 Å². The molecule has 2 amide bonds. The number of hydrogen-bond acceptors (Lipinski definition) is 6. The molecule has 0 unspecified atom stereocenters. The van der Waals surface area contributed by atoms with Gasteiger partial charge in [0.25, 0.3) is 5.91 Å². The molecule has 0 bridgehead atoms. The molecule has 2 aromatic heterocycles. The van der Waals surface area contributed by atoms with Crippen LogP contribution >= 0.6 is 0 Å². The zero-order chi connectivity index (χ0) is 25.1. The second-order valence-electron chi connectivity index (χ2n) is 9.63. The quantitative estimate of drug-likeness (QED) is 0.560. The molecule has 1 aromatic carbocycles. The van der Waals surface area contributed by atoms with Crippen LogP contribution in [0.25, 0.3) is 22.3 Å². The molecule has 190 valence electrons. The van der Waals surface area contributed by atoms with Gasteiger partial charge in [-0.25, -0.2) is 9.67 Å². The Morgan fingerprint density at radius 3 is 2.53 bits per heavy atom. The van der Waals surface area contributed by atoms with Crippen LogP contribution in [-0.2, 0) is 4.79 Å². The Labute approximate surface area is 210 Å². The van der Waals surface area contributed by atoms with Gasteiger partial charge in [-0.3, -0.25) is 9.59 Å². The normalized spacial score (nSPS) is 15.7. The van der Waals surface area contributed by atoms with Crippen molar-refractivity contribution in [1.82, 2.24) is 25.0 Å². The molecule has 1 N–H and O–H groups in total. The number of amides is 2. The monoisotopic (exact) mass is 491 g/mol. The van der Waals surface area contributed by atoms with Crippen molar-refractivity contribution in [2.24, 2.45) is 0 Å². The van der Waals surface area contributed by atoms with Gasteiger partial charge in [0.05, 0.1) is 22.8 Å². The lowest BCUT2D eigenvalue weighted by Crippen LogP contribution is -2.35. The lowest BCUT2D eigenvalue weighted by molar-refractivity contribution is -0.131. The zero-order valence-electron chi connectivity index (χ0n) is 21.0. The fourth-order valence-corrected chi connectivity index (χ4v) is 4.79. The molecule has 2 aliphatic heterocycles. The number of nitrogens with one attached hydrogen (secondary N) is 1. The molecule has 1 fully saturated rings. The number of ether oxygens (including phenoxy) is 2. The van der Waals surface area contributed by atoms with Crippen LogP contribution in [0.1, 0.15) is 62.4 Å². The summed E-state index contributed by atoms with van der Waals surface area (Å²) in [4.78, 5) is 32.8. The minimum atomic E-state index is -0.242. The van der Waals surface area contributed by atoms with E-state index in [0.29, 0.717) is 53.4 Å². The zero-order valence-corrected chi connectivity index (χ0v) is 21.0. The van der Waals surface area contributed by atoms with Crippen molar-refractivity contribution in [2.45, 2.75) is 52.0 Å². The molecule has 9 heteroatoms. The second-order valence-corrected chi connectivity index (χ2v) is 9.63. The van der Waals surface area contributed by atoms with Crippen molar-refractivity contribution in [1.29, 1.82) is 0 Å². The van der Waals surface area contributed by atoms with Crippen molar-refractivity contribution >= 4 is 22.8 Å². The molecule has 4 heterocycles.